The third-order valence-corrected chi connectivity index (χ3v) is 6.72. The Kier molecular flexibility index (Phi) is 6.18. The maximum atomic E-state index is 14.0. The second kappa shape index (κ2) is 8.46. The highest BCUT2D eigenvalue weighted by atomic mass is 32.2. The SMILES string of the molecule is CN(C)c1ccc(S(=O)(=O)N2CCCCC2)cc1NC(=O)c1ccc(F)cc1F. The van der Waals surface area contributed by atoms with Crippen LogP contribution in [0.15, 0.2) is 41.3 Å². The maximum Gasteiger partial charge on any atom is 0.258 e. The molecule has 1 N–H and O–H groups in total. The van der Waals surface area contributed by atoms with E-state index in [1.54, 1.807) is 25.1 Å². The van der Waals surface area contributed by atoms with E-state index in [9.17, 15) is 22.0 Å². The van der Waals surface area contributed by atoms with Crippen molar-refractivity contribution in [2.45, 2.75) is 24.2 Å². The molecule has 156 valence electrons. The molecule has 1 saturated heterocycles. The Balaban J connectivity index is 1.96. The lowest BCUT2D eigenvalue weighted by Gasteiger charge is -2.26. The highest BCUT2D eigenvalue weighted by Crippen LogP contribution is 2.30. The summed E-state index contributed by atoms with van der Waals surface area (Å²) in [5.41, 5.74) is 0.445. The molecule has 0 unspecified atom stereocenters. The summed E-state index contributed by atoms with van der Waals surface area (Å²) in [4.78, 5) is 14.3. The van der Waals surface area contributed by atoms with Crippen LogP contribution in [0, 0.1) is 11.6 Å². The van der Waals surface area contributed by atoms with E-state index in [-0.39, 0.29) is 16.1 Å². The number of carbonyl (C=O) groups excluding carboxylic acids is 1. The van der Waals surface area contributed by atoms with Crippen molar-refractivity contribution < 1.29 is 22.0 Å². The van der Waals surface area contributed by atoms with Crippen LogP contribution in [0.3, 0.4) is 0 Å². The third kappa shape index (κ3) is 4.56. The Hall–Kier alpha value is -2.52. The number of halogens is 2. The molecule has 0 radical (unpaired) electrons. The topological polar surface area (TPSA) is 69.7 Å². The number of sulfonamides is 1. The quantitative estimate of drug-likeness (QED) is 0.800. The molecule has 0 aliphatic carbocycles. The molecule has 29 heavy (non-hydrogen) atoms. The first-order chi connectivity index (χ1) is 13.7. The van der Waals surface area contributed by atoms with Gasteiger partial charge in [-0.3, -0.25) is 4.79 Å². The van der Waals surface area contributed by atoms with Crippen LogP contribution in [-0.4, -0.2) is 45.8 Å². The molecule has 0 saturated carbocycles. The van der Waals surface area contributed by atoms with Gasteiger partial charge >= 0.3 is 0 Å². The summed E-state index contributed by atoms with van der Waals surface area (Å²) in [6.07, 6.45) is 2.61. The zero-order chi connectivity index (χ0) is 21.2. The molecule has 0 bridgehead atoms. The maximum absolute atomic E-state index is 14.0. The first-order valence-electron chi connectivity index (χ1n) is 9.28. The molecule has 1 heterocycles. The summed E-state index contributed by atoms with van der Waals surface area (Å²) in [6, 6.07) is 7.12. The molecule has 9 heteroatoms. The fourth-order valence-electron chi connectivity index (χ4n) is 3.28. The lowest BCUT2D eigenvalue weighted by Crippen LogP contribution is -2.35. The van der Waals surface area contributed by atoms with Crippen molar-refractivity contribution in [3.8, 4) is 0 Å². The number of carbonyl (C=O) groups is 1. The van der Waals surface area contributed by atoms with Gasteiger partial charge in [0.1, 0.15) is 11.6 Å². The number of amides is 1. The van der Waals surface area contributed by atoms with Gasteiger partial charge in [-0.15, -0.1) is 0 Å². The summed E-state index contributed by atoms with van der Waals surface area (Å²) < 4.78 is 54.4. The number of anilines is 2. The Bertz CT molecular complexity index is 1020. The van der Waals surface area contributed by atoms with Crippen LogP contribution in [0.4, 0.5) is 20.2 Å². The third-order valence-electron chi connectivity index (χ3n) is 4.83. The van der Waals surface area contributed by atoms with Gasteiger partial charge in [0.25, 0.3) is 5.91 Å². The zero-order valence-corrected chi connectivity index (χ0v) is 17.1. The molecule has 3 rings (SSSR count). The average Bonchev–Trinajstić information content (AvgIpc) is 2.68. The molecule has 6 nitrogen and oxygen atoms in total. The monoisotopic (exact) mass is 423 g/mol. The summed E-state index contributed by atoms with van der Waals surface area (Å²) in [6.45, 7) is 0.917. The average molecular weight is 423 g/mol. The minimum Gasteiger partial charge on any atom is -0.376 e. The standard InChI is InChI=1S/C20H23F2N3O3S/c1-24(2)19-9-7-15(29(27,28)25-10-4-3-5-11-25)13-18(19)23-20(26)16-8-6-14(21)12-17(16)22/h6-9,12-13H,3-5,10-11H2,1-2H3,(H,23,26). The molecule has 1 amide bonds. The van der Waals surface area contributed by atoms with Crippen LogP contribution < -0.4 is 10.2 Å². The van der Waals surface area contributed by atoms with Crippen LogP contribution in [0.25, 0.3) is 0 Å². The van der Waals surface area contributed by atoms with Gasteiger partial charge < -0.3 is 10.2 Å². The van der Waals surface area contributed by atoms with Crippen molar-refractivity contribution in [2.75, 3.05) is 37.4 Å². The molecular formula is C20H23F2N3O3S. The molecule has 1 aliphatic rings. The Labute approximate surface area is 169 Å². The molecule has 0 aromatic heterocycles. The lowest BCUT2D eigenvalue weighted by molar-refractivity contribution is 0.102. The molecule has 0 spiro atoms. The molecule has 2 aromatic carbocycles. The number of hydrogen-bond donors (Lipinski definition) is 1. The van der Waals surface area contributed by atoms with Crippen molar-refractivity contribution in [1.82, 2.24) is 4.31 Å². The predicted octanol–water partition coefficient (Wildman–Crippen LogP) is 3.46. The predicted molar refractivity (Wildman–Crippen MR) is 108 cm³/mol. The van der Waals surface area contributed by atoms with Crippen molar-refractivity contribution >= 4 is 27.3 Å². The van der Waals surface area contributed by atoms with E-state index in [4.69, 9.17) is 0 Å². The first-order valence-corrected chi connectivity index (χ1v) is 10.7. The summed E-state index contributed by atoms with van der Waals surface area (Å²) >= 11 is 0. The van der Waals surface area contributed by atoms with Gasteiger partial charge in [-0.05, 0) is 43.2 Å². The van der Waals surface area contributed by atoms with Gasteiger partial charge in [0.05, 0.1) is 21.8 Å². The normalized spacial score (nSPS) is 15.2. The van der Waals surface area contributed by atoms with E-state index < -0.39 is 27.6 Å². The van der Waals surface area contributed by atoms with Crippen molar-refractivity contribution in [3.63, 3.8) is 0 Å². The van der Waals surface area contributed by atoms with Gasteiger partial charge in [0, 0.05) is 33.3 Å². The van der Waals surface area contributed by atoms with Gasteiger partial charge in [0.2, 0.25) is 10.0 Å². The van der Waals surface area contributed by atoms with Crippen LogP contribution in [0.2, 0.25) is 0 Å². The fourth-order valence-corrected chi connectivity index (χ4v) is 4.83. The molecular weight excluding hydrogens is 400 g/mol. The van der Waals surface area contributed by atoms with Gasteiger partial charge in [-0.25, -0.2) is 17.2 Å². The minimum absolute atomic E-state index is 0.0554. The molecule has 2 aromatic rings. The summed E-state index contributed by atoms with van der Waals surface area (Å²) in [5.74, 6) is -2.58. The number of nitrogens with zero attached hydrogens (tertiary/aromatic N) is 2. The van der Waals surface area contributed by atoms with Crippen molar-refractivity contribution in [1.29, 1.82) is 0 Å². The number of hydrogen-bond acceptors (Lipinski definition) is 4. The summed E-state index contributed by atoms with van der Waals surface area (Å²) in [7, 11) is -0.225. The van der Waals surface area contributed by atoms with Gasteiger partial charge in [-0.1, -0.05) is 6.42 Å². The van der Waals surface area contributed by atoms with E-state index in [0.29, 0.717) is 24.8 Å². The molecule has 0 atom stereocenters. The molecule has 1 aliphatic heterocycles. The van der Waals surface area contributed by atoms with Crippen LogP contribution in [-0.2, 0) is 10.0 Å². The smallest absolute Gasteiger partial charge is 0.258 e. The lowest BCUT2D eigenvalue weighted by atomic mass is 10.1. The van der Waals surface area contributed by atoms with E-state index in [2.05, 4.69) is 5.32 Å². The first kappa shape index (κ1) is 21.2. The van der Waals surface area contributed by atoms with Crippen molar-refractivity contribution in [2.24, 2.45) is 0 Å². The fraction of sp³-hybridized carbons (Fsp3) is 0.350. The number of benzene rings is 2. The largest absolute Gasteiger partial charge is 0.376 e. The minimum atomic E-state index is -3.70. The van der Waals surface area contributed by atoms with Crippen LogP contribution in [0.5, 0.6) is 0 Å². The van der Waals surface area contributed by atoms with E-state index >= 15 is 0 Å². The number of nitrogens with one attached hydrogen (secondary N) is 1. The zero-order valence-electron chi connectivity index (χ0n) is 16.3. The second-order valence-electron chi connectivity index (χ2n) is 7.12. The van der Waals surface area contributed by atoms with Crippen LogP contribution >= 0.6 is 0 Å². The highest BCUT2D eigenvalue weighted by molar-refractivity contribution is 7.89. The Morgan fingerprint density at radius 2 is 1.72 bits per heavy atom. The van der Waals surface area contributed by atoms with Gasteiger partial charge in [-0.2, -0.15) is 4.31 Å². The van der Waals surface area contributed by atoms with Crippen LogP contribution in [0.1, 0.15) is 29.6 Å². The Morgan fingerprint density at radius 3 is 2.34 bits per heavy atom. The molecule has 1 fully saturated rings. The van der Waals surface area contributed by atoms with E-state index in [1.807, 2.05) is 0 Å². The number of rotatable bonds is 5. The number of piperidine rings is 1. The van der Waals surface area contributed by atoms with E-state index in [1.165, 1.54) is 16.4 Å². The van der Waals surface area contributed by atoms with Crippen molar-refractivity contribution in [3.05, 3.63) is 53.6 Å². The Morgan fingerprint density at radius 1 is 1.03 bits per heavy atom. The second-order valence-corrected chi connectivity index (χ2v) is 9.05. The van der Waals surface area contributed by atoms with E-state index in [0.717, 1.165) is 31.4 Å². The van der Waals surface area contributed by atoms with Gasteiger partial charge in [0.15, 0.2) is 0 Å². The summed E-state index contributed by atoms with van der Waals surface area (Å²) in [5, 5.41) is 2.56. The highest BCUT2D eigenvalue weighted by Gasteiger charge is 2.27.